The van der Waals surface area contributed by atoms with Gasteiger partial charge in [0, 0.05) is 18.0 Å². The summed E-state index contributed by atoms with van der Waals surface area (Å²) in [5.41, 5.74) is 2.29. The molecule has 0 aliphatic rings. The molecule has 0 bridgehead atoms. The molecule has 0 radical (unpaired) electrons. The van der Waals surface area contributed by atoms with Gasteiger partial charge in [-0.3, -0.25) is 14.9 Å². The molecule has 0 atom stereocenters. The Bertz CT molecular complexity index is 704. The minimum absolute atomic E-state index is 0.00975. The van der Waals surface area contributed by atoms with Crippen molar-refractivity contribution in [2.24, 2.45) is 0 Å². The summed E-state index contributed by atoms with van der Waals surface area (Å²) in [5, 5.41) is 10.7. The first kappa shape index (κ1) is 15.3. The van der Waals surface area contributed by atoms with Crippen molar-refractivity contribution in [2.45, 2.75) is 13.5 Å². The SMILES string of the molecule is Cc1ncsc1CN(C)C(=O)c1cc([N+](=O)[O-])cnc1Cl. The Hall–Kier alpha value is -2.06. The Balaban J connectivity index is 2.25. The van der Waals surface area contributed by atoms with Crippen molar-refractivity contribution in [1.29, 1.82) is 0 Å². The van der Waals surface area contributed by atoms with Gasteiger partial charge in [-0.05, 0) is 6.92 Å². The molecule has 0 unspecified atom stereocenters. The molecule has 0 saturated carbocycles. The molecule has 1 amide bonds. The second kappa shape index (κ2) is 6.15. The lowest BCUT2D eigenvalue weighted by Gasteiger charge is -2.16. The molecule has 2 aromatic rings. The number of pyridine rings is 1. The first-order valence-electron chi connectivity index (χ1n) is 5.84. The van der Waals surface area contributed by atoms with Crippen LogP contribution < -0.4 is 0 Å². The lowest BCUT2D eigenvalue weighted by Crippen LogP contribution is -2.26. The molecule has 110 valence electrons. The van der Waals surface area contributed by atoms with Gasteiger partial charge in [-0.15, -0.1) is 11.3 Å². The molecule has 7 nitrogen and oxygen atoms in total. The van der Waals surface area contributed by atoms with E-state index < -0.39 is 10.8 Å². The van der Waals surface area contributed by atoms with Crippen LogP contribution in [0.25, 0.3) is 0 Å². The topological polar surface area (TPSA) is 89.2 Å². The normalized spacial score (nSPS) is 10.4. The second-order valence-corrected chi connectivity index (χ2v) is 5.61. The Labute approximate surface area is 129 Å². The van der Waals surface area contributed by atoms with E-state index in [2.05, 4.69) is 9.97 Å². The van der Waals surface area contributed by atoms with E-state index in [4.69, 9.17) is 11.6 Å². The van der Waals surface area contributed by atoms with Gasteiger partial charge in [-0.25, -0.2) is 9.97 Å². The lowest BCUT2D eigenvalue weighted by atomic mass is 10.2. The fourth-order valence-electron chi connectivity index (χ4n) is 1.66. The molecule has 0 aliphatic carbocycles. The van der Waals surface area contributed by atoms with Gasteiger partial charge >= 0.3 is 0 Å². The molecular weight excluding hydrogens is 316 g/mol. The number of nitro groups is 1. The Morgan fingerprint density at radius 3 is 2.81 bits per heavy atom. The maximum absolute atomic E-state index is 12.3. The summed E-state index contributed by atoms with van der Waals surface area (Å²) < 4.78 is 0. The zero-order chi connectivity index (χ0) is 15.6. The number of nitrogens with zero attached hydrogens (tertiary/aromatic N) is 4. The molecule has 2 heterocycles. The summed E-state index contributed by atoms with van der Waals surface area (Å²) >= 11 is 7.30. The predicted octanol–water partition coefficient (Wildman–Crippen LogP) is 2.68. The Morgan fingerprint density at radius 1 is 1.52 bits per heavy atom. The van der Waals surface area contributed by atoms with Crippen LogP contribution in [0.2, 0.25) is 5.15 Å². The standard InChI is InChI=1S/C12H11ClN4O3S/c1-7-10(21-6-15-7)5-16(2)12(18)9-3-8(17(19)20)4-14-11(9)13/h3-4,6H,5H2,1-2H3. The monoisotopic (exact) mass is 326 g/mol. The molecule has 0 spiro atoms. The van der Waals surface area contributed by atoms with Crippen molar-refractivity contribution in [3.05, 3.63) is 49.2 Å². The van der Waals surface area contributed by atoms with E-state index in [0.717, 1.165) is 22.8 Å². The van der Waals surface area contributed by atoms with Crippen LogP contribution in [-0.4, -0.2) is 32.7 Å². The first-order valence-corrected chi connectivity index (χ1v) is 7.10. The van der Waals surface area contributed by atoms with E-state index in [9.17, 15) is 14.9 Å². The van der Waals surface area contributed by atoms with Gasteiger partial charge in [0.1, 0.15) is 11.3 Å². The molecule has 2 aromatic heterocycles. The highest BCUT2D eigenvalue weighted by Crippen LogP contribution is 2.22. The summed E-state index contributed by atoms with van der Waals surface area (Å²) in [5.74, 6) is -0.427. The number of aryl methyl sites for hydroxylation is 1. The predicted molar refractivity (Wildman–Crippen MR) is 78.5 cm³/mol. The van der Waals surface area contributed by atoms with E-state index in [1.807, 2.05) is 6.92 Å². The Kier molecular flexibility index (Phi) is 4.49. The van der Waals surface area contributed by atoms with Crippen LogP contribution >= 0.6 is 22.9 Å². The number of halogens is 1. The van der Waals surface area contributed by atoms with Crippen molar-refractivity contribution >= 4 is 34.5 Å². The van der Waals surface area contributed by atoms with Gasteiger partial charge in [0.05, 0.1) is 28.2 Å². The molecule has 0 aliphatic heterocycles. The van der Waals surface area contributed by atoms with Crippen LogP contribution in [0.3, 0.4) is 0 Å². The Morgan fingerprint density at radius 2 is 2.24 bits per heavy atom. The summed E-state index contributed by atoms with van der Waals surface area (Å²) in [6, 6.07) is 1.13. The van der Waals surface area contributed by atoms with Crippen molar-refractivity contribution in [3.63, 3.8) is 0 Å². The third-order valence-electron chi connectivity index (χ3n) is 2.84. The van der Waals surface area contributed by atoms with Gasteiger partial charge in [0.15, 0.2) is 0 Å². The smallest absolute Gasteiger partial charge is 0.288 e. The summed E-state index contributed by atoms with van der Waals surface area (Å²) in [6.45, 7) is 2.21. The summed E-state index contributed by atoms with van der Waals surface area (Å²) in [6.07, 6.45) is 1.02. The maximum Gasteiger partial charge on any atom is 0.288 e. The number of hydrogen-bond donors (Lipinski definition) is 0. The van der Waals surface area contributed by atoms with E-state index in [-0.39, 0.29) is 16.4 Å². The van der Waals surface area contributed by atoms with Crippen molar-refractivity contribution < 1.29 is 9.72 Å². The van der Waals surface area contributed by atoms with E-state index in [1.165, 1.54) is 16.2 Å². The average Bonchev–Trinajstić information content (AvgIpc) is 2.83. The number of carbonyl (C=O) groups is 1. The van der Waals surface area contributed by atoms with Gasteiger partial charge < -0.3 is 4.90 Å². The number of hydrogen-bond acceptors (Lipinski definition) is 6. The third kappa shape index (κ3) is 3.34. The molecule has 9 heteroatoms. The highest BCUT2D eigenvalue weighted by atomic mass is 35.5. The molecule has 21 heavy (non-hydrogen) atoms. The number of carbonyl (C=O) groups excluding carboxylic acids is 1. The molecular formula is C12H11ClN4O3S. The zero-order valence-electron chi connectivity index (χ0n) is 11.2. The largest absolute Gasteiger partial charge is 0.336 e. The summed E-state index contributed by atoms with van der Waals surface area (Å²) in [4.78, 5) is 32.6. The van der Waals surface area contributed by atoms with E-state index in [0.29, 0.717) is 6.54 Å². The third-order valence-corrected chi connectivity index (χ3v) is 4.06. The molecule has 0 N–H and O–H groups in total. The second-order valence-electron chi connectivity index (χ2n) is 4.31. The molecule has 0 saturated heterocycles. The van der Waals surface area contributed by atoms with Crippen LogP contribution in [0, 0.1) is 17.0 Å². The van der Waals surface area contributed by atoms with Crippen LogP contribution in [-0.2, 0) is 6.54 Å². The van der Waals surface area contributed by atoms with Crippen molar-refractivity contribution in [3.8, 4) is 0 Å². The van der Waals surface area contributed by atoms with Crippen molar-refractivity contribution in [1.82, 2.24) is 14.9 Å². The number of thiazole rings is 1. The quantitative estimate of drug-likeness (QED) is 0.489. The highest BCUT2D eigenvalue weighted by Gasteiger charge is 2.21. The molecule has 0 aromatic carbocycles. The van der Waals surface area contributed by atoms with E-state index >= 15 is 0 Å². The van der Waals surface area contributed by atoms with Gasteiger partial charge in [0.25, 0.3) is 11.6 Å². The fourth-order valence-corrected chi connectivity index (χ4v) is 2.67. The summed E-state index contributed by atoms with van der Waals surface area (Å²) in [7, 11) is 1.59. The highest BCUT2D eigenvalue weighted by molar-refractivity contribution is 7.09. The molecule has 0 fully saturated rings. The zero-order valence-corrected chi connectivity index (χ0v) is 12.8. The maximum atomic E-state index is 12.3. The van der Waals surface area contributed by atoms with E-state index in [1.54, 1.807) is 12.6 Å². The van der Waals surface area contributed by atoms with Crippen LogP contribution in [0.1, 0.15) is 20.9 Å². The number of rotatable bonds is 4. The van der Waals surface area contributed by atoms with Crippen LogP contribution in [0.4, 0.5) is 5.69 Å². The molecule has 2 rings (SSSR count). The van der Waals surface area contributed by atoms with Crippen molar-refractivity contribution in [2.75, 3.05) is 7.05 Å². The van der Waals surface area contributed by atoms with Crippen LogP contribution in [0.5, 0.6) is 0 Å². The fraction of sp³-hybridized carbons (Fsp3) is 0.250. The number of amides is 1. The minimum atomic E-state index is -0.618. The van der Waals surface area contributed by atoms with Crippen LogP contribution in [0.15, 0.2) is 17.8 Å². The lowest BCUT2D eigenvalue weighted by molar-refractivity contribution is -0.385. The van der Waals surface area contributed by atoms with Gasteiger partial charge in [0.2, 0.25) is 0 Å². The number of aromatic nitrogens is 2. The first-order chi connectivity index (χ1) is 9.90. The van der Waals surface area contributed by atoms with Gasteiger partial charge in [-0.1, -0.05) is 11.6 Å². The van der Waals surface area contributed by atoms with Gasteiger partial charge in [-0.2, -0.15) is 0 Å². The average molecular weight is 327 g/mol. The minimum Gasteiger partial charge on any atom is -0.336 e.